The Balaban J connectivity index is 2.12. The van der Waals surface area contributed by atoms with Gasteiger partial charge in [0.05, 0.1) is 4.90 Å². The Morgan fingerprint density at radius 2 is 1.65 bits per heavy atom. The number of hydrogen-bond acceptors (Lipinski definition) is 4. The van der Waals surface area contributed by atoms with Gasteiger partial charge in [0.25, 0.3) is 5.91 Å². The maximum Gasteiger partial charge on any atom is 0.256 e. The fourth-order valence-corrected chi connectivity index (χ4v) is 5.25. The number of nitrogens with zero attached hydrogens (tertiary/aromatic N) is 1. The van der Waals surface area contributed by atoms with Gasteiger partial charge in [0.1, 0.15) is 10.7 Å². The topological polar surface area (TPSA) is 77.4 Å². The van der Waals surface area contributed by atoms with E-state index >= 15 is 0 Å². The number of methoxy groups -OCH3 is 1. The molecule has 0 atom stereocenters. The Morgan fingerprint density at radius 3 is 2.26 bits per heavy atom. The summed E-state index contributed by atoms with van der Waals surface area (Å²) in [6.45, 7) is 6.64. The van der Waals surface area contributed by atoms with E-state index in [-0.39, 0.29) is 15.7 Å². The van der Waals surface area contributed by atoms with E-state index in [0.29, 0.717) is 36.5 Å². The molecule has 0 unspecified atom stereocenters. The van der Waals surface area contributed by atoms with E-state index in [9.17, 15) is 13.2 Å². The summed E-state index contributed by atoms with van der Waals surface area (Å²) >= 11 is 0. The second-order valence-corrected chi connectivity index (χ2v) is 9.41. The van der Waals surface area contributed by atoms with Gasteiger partial charge in [-0.25, -0.2) is 8.42 Å². The van der Waals surface area contributed by atoms with Crippen molar-refractivity contribution in [3.8, 4) is 0 Å². The summed E-state index contributed by atoms with van der Waals surface area (Å²) in [5.41, 5.74) is 2.93. The molecule has 3 rings (SSSR count). The van der Waals surface area contributed by atoms with E-state index in [1.807, 2.05) is 30.5 Å². The molecule has 164 valence electrons. The molecule has 7 heteroatoms. The smallest absolute Gasteiger partial charge is 0.256 e. The van der Waals surface area contributed by atoms with Crippen LogP contribution in [0.4, 0.5) is 5.82 Å². The Kier molecular flexibility index (Phi) is 6.97. The standard InChI is InChI=1S/C24H28N2O4S/c1-17-11-13-20(14-12-17)24(27)25-23-22(31(28,29)21-9-6-5-7-10-21)18(2)19(3)26(23)15-8-16-30-4/h5-7,9-14H,8,15-16H2,1-4H3,(H,25,27). The normalized spacial score (nSPS) is 11.5. The number of aryl methyl sites for hydroxylation is 1. The van der Waals surface area contributed by atoms with E-state index < -0.39 is 9.84 Å². The first-order valence-electron chi connectivity index (χ1n) is 10.1. The van der Waals surface area contributed by atoms with Crippen molar-refractivity contribution in [2.45, 2.75) is 43.5 Å². The monoisotopic (exact) mass is 440 g/mol. The van der Waals surface area contributed by atoms with Gasteiger partial charge in [-0.2, -0.15) is 0 Å². The first kappa shape index (κ1) is 22.8. The Hall–Kier alpha value is -2.90. The molecule has 0 saturated carbocycles. The van der Waals surface area contributed by atoms with Crippen molar-refractivity contribution in [2.75, 3.05) is 19.0 Å². The number of aromatic nitrogens is 1. The lowest BCUT2D eigenvalue weighted by Crippen LogP contribution is -2.18. The molecule has 1 amide bonds. The highest BCUT2D eigenvalue weighted by molar-refractivity contribution is 7.91. The average Bonchev–Trinajstić information content (AvgIpc) is 2.99. The minimum atomic E-state index is -3.83. The van der Waals surface area contributed by atoms with Gasteiger partial charge in [0, 0.05) is 31.5 Å². The number of rotatable bonds is 8. The van der Waals surface area contributed by atoms with Crippen LogP contribution in [0, 0.1) is 20.8 Å². The van der Waals surface area contributed by atoms with Crippen LogP contribution in [0.3, 0.4) is 0 Å². The zero-order valence-electron chi connectivity index (χ0n) is 18.3. The third kappa shape index (κ3) is 4.73. The third-order valence-corrected chi connectivity index (χ3v) is 7.30. The van der Waals surface area contributed by atoms with E-state index in [4.69, 9.17) is 4.74 Å². The predicted molar refractivity (Wildman–Crippen MR) is 121 cm³/mol. The molecule has 0 bridgehead atoms. The van der Waals surface area contributed by atoms with Crippen molar-refractivity contribution in [2.24, 2.45) is 0 Å². The molecular weight excluding hydrogens is 412 g/mol. The molecule has 6 nitrogen and oxygen atoms in total. The van der Waals surface area contributed by atoms with Gasteiger partial charge < -0.3 is 14.6 Å². The van der Waals surface area contributed by atoms with Crippen molar-refractivity contribution in [3.05, 3.63) is 77.0 Å². The molecule has 0 fully saturated rings. The van der Waals surface area contributed by atoms with Crippen LogP contribution in [0.2, 0.25) is 0 Å². The van der Waals surface area contributed by atoms with Crippen LogP contribution >= 0.6 is 0 Å². The number of hydrogen-bond donors (Lipinski definition) is 1. The molecule has 0 radical (unpaired) electrons. The van der Waals surface area contributed by atoms with Gasteiger partial charge in [-0.05, 0) is 57.0 Å². The maximum absolute atomic E-state index is 13.5. The first-order chi connectivity index (χ1) is 14.8. The van der Waals surface area contributed by atoms with Gasteiger partial charge in [-0.1, -0.05) is 35.9 Å². The predicted octanol–water partition coefficient (Wildman–Crippen LogP) is 4.53. The summed E-state index contributed by atoms with van der Waals surface area (Å²) in [5, 5.41) is 2.88. The lowest BCUT2D eigenvalue weighted by atomic mass is 10.1. The van der Waals surface area contributed by atoms with Crippen LogP contribution in [-0.4, -0.2) is 32.6 Å². The number of ether oxygens (including phenoxy) is 1. The van der Waals surface area contributed by atoms with E-state index in [1.165, 1.54) is 0 Å². The zero-order valence-corrected chi connectivity index (χ0v) is 19.1. The van der Waals surface area contributed by atoms with Crippen LogP contribution in [0.1, 0.15) is 33.6 Å². The molecule has 3 aromatic rings. The molecule has 0 aliphatic heterocycles. The fraction of sp³-hybridized carbons (Fsp3) is 0.292. The minimum Gasteiger partial charge on any atom is -0.385 e. The summed E-state index contributed by atoms with van der Waals surface area (Å²) in [7, 11) is -2.21. The lowest BCUT2D eigenvalue weighted by molar-refractivity contribution is 0.102. The van der Waals surface area contributed by atoms with Gasteiger partial charge in [-0.15, -0.1) is 0 Å². The van der Waals surface area contributed by atoms with Crippen LogP contribution in [0.25, 0.3) is 0 Å². The van der Waals surface area contributed by atoms with Gasteiger partial charge in [0.15, 0.2) is 0 Å². The van der Waals surface area contributed by atoms with Crippen LogP contribution in [0.15, 0.2) is 64.4 Å². The highest BCUT2D eigenvalue weighted by Gasteiger charge is 2.30. The minimum absolute atomic E-state index is 0.133. The maximum atomic E-state index is 13.5. The quantitative estimate of drug-likeness (QED) is 0.522. The van der Waals surface area contributed by atoms with E-state index in [0.717, 1.165) is 11.3 Å². The highest BCUT2D eigenvalue weighted by Crippen LogP contribution is 2.35. The highest BCUT2D eigenvalue weighted by atomic mass is 32.2. The first-order valence-corrected chi connectivity index (χ1v) is 11.6. The van der Waals surface area contributed by atoms with E-state index in [1.54, 1.807) is 56.5 Å². The fourth-order valence-electron chi connectivity index (χ4n) is 3.54. The molecule has 0 aliphatic carbocycles. The SMILES string of the molecule is COCCCn1c(C)c(C)c(S(=O)(=O)c2ccccc2)c1NC(=O)c1ccc(C)cc1. The van der Waals surface area contributed by atoms with Crippen molar-refractivity contribution in [1.29, 1.82) is 0 Å². The van der Waals surface area contributed by atoms with Crippen molar-refractivity contribution >= 4 is 21.6 Å². The largest absolute Gasteiger partial charge is 0.385 e. The summed E-state index contributed by atoms with van der Waals surface area (Å²) in [6.07, 6.45) is 0.684. The van der Waals surface area contributed by atoms with E-state index in [2.05, 4.69) is 5.32 Å². The Labute approximate surface area is 183 Å². The molecule has 1 N–H and O–H groups in total. The number of carbonyl (C=O) groups excluding carboxylic acids is 1. The second-order valence-electron chi connectivity index (χ2n) is 7.52. The Morgan fingerprint density at radius 1 is 1.00 bits per heavy atom. The average molecular weight is 441 g/mol. The number of benzene rings is 2. The molecule has 31 heavy (non-hydrogen) atoms. The molecule has 1 heterocycles. The van der Waals surface area contributed by atoms with Crippen LogP contribution < -0.4 is 5.32 Å². The van der Waals surface area contributed by atoms with Crippen LogP contribution in [-0.2, 0) is 21.1 Å². The summed E-state index contributed by atoms with van der Waals surface area (Å²) in [5.74, 6) is -0.0597. The van der Waals surface area contributed by atoms with Crippen molar-refractivity contribution in [3.63, 3.8) is 0 Å². The molecule has 0 aliphatic rings. The summed E-state index contributed by atoms with van der Waals surface area (Å²) in [4.78, 5) is 13.3. The number of nitrogens with one attached hydrogen (secondary N) is 1. The molecule has 1 aromatic heterocycles. The molecule has 2 aromatic carbocycles. The summed E-state index contributed by atoms with van der Waals surface area (Å²) in [6, 6.07) is 15.4. The van der Waals surface area contributed by atoms with Crippen molar-refractivity contribution < 1.29 is 17.9 Å². The molecular formula is C24H28N2O4S. The number of anilines is 1. The number of sulfone groups is 1. The van der Waals surface area contributed by atoms with Gasteiger partial charge in [-0.3, -0.25) is 4.79 Å². The van der Waals surface area contributed by atoms with Crippen LogP contribution in [0.5, 0.6) is 0 Å². The summed E-state index contributed by atoms with van der Waals surface area (Å²) < 4.78 is 34.1. The zero-order chi connectivity index (χ0) is 22.6. The second kappa shape index (κ2) is 9.49. The number of carbonyl (C=O) groups is 1. The number of amides is 1. The third-order valence-electron chi connectivity index (χ3n) is 5.37. The lowest BCUT2D eigenvalue weighted by Gasteiger charge is -2.14. The molecule has 0 spiro atoms. The van der Waals surface area contributed by atoms with Gasteiger partial charge >= 0.3 is 0 Å². The Bertz CT molecular complexity index is 1160. The van der Waals surface area contributed by atoms with Crippen molar-refractivity contribution in [1.82, 2.24) is 4.57 Å². The molecule has 0 saturated heterocycles. The van der Waals surface area contributed by atoms with Gasteiger partial charge in [0.2, 0.25) is 9.84 Å².